The second-order valence-corrected chi connectivity index (χ2v) is 8.70. The van der Waals surface area contributed by atoms with Crippen LogP contribution in [0.15, 0.2) is 34.1 Å². The van der Waals surface area contributed by atoms with Crippen LogP contribution in [0.5, 0.6) is 0 Å². The lowest BCUT2D eigenvalue weighted by molar-refractivity contribution is 0.192. The van der Waals surface area contributed by atoms with Crippen LogP contribution in [-0.4, -0.2) is 37.1 Å². The Balaban J connectivity index is 2.67. The van der Waals surface area contributed by atoms with Crippen molar-refractivity contribution in [1.29, 1.82) is 0 Å². The van der Waals surface area contributed by atoms with E-state index in [1.807, 2.05) is 0 Å². The van der Waals surface area contributed by atoms with Crippen LogP contribution in [0.3, 0.4) is 0 Å². The highest BCUT2D eigenvalue weighted by Gasteiger charge is 2.17. The number of halogens is 1. The second kappa shape index (κ2) is 8.09. The second-order valence-electron chi connectivity index (χ2n) is 4.36. The molecule has 0 radical (unpaired) electrons. The lowest BCUT2D eigenvalue weighted by Crippen LogP contribution is -2.25. The summed E-state index contributed by atoms with van der Waals surface area (Å²) >= 11 is 0. The molecule has 0 atom stereocenters. The summed E-state index contributed by atoms with van der Waals surface area (Å²) in [5.41, 5.74) is 0. The molecule has 6 nitrogen and oxygen atoms in total. The Hall–Kier alpha value is -0.670. The third-order valence-corrected chi connectivity index (χ3v) is 5.52. The van der Waals surface area contributed by atoms with Gasteiger partial charge < -0.3 is 4.74 Å². The molecule has 0 aliphatic carbocycles. The van der Waals surface area contributed by atoms with Crippen molar-refractivity contribution in [1.82, 2.24) is 4.72 Å². The van der Waals surface area contributed by atoms with Gasteiger partial charge in [0.25, 0.3) is 9.05 Å². The molecule has 0 aromatic heterocycles. The Bertz CT molecular complexity index is 658. The first kappa shape index (κ1) is 18.4. The molecule has 0 aliphatic heterocycles. The quantitative estimate of drug-likeness (QED) is 0.538. The maximum Gasteiger partial charge on any atom is 0.261 e. The highest BCUT2D eigenvalue weighted by atomic mass is 35.7. The summed E-state index contributed by atoms with van der Waals surface area (Å²) in [5.74, 6) is 0. The van der Waals surface area contributed by atoms with Gasteiger partial charge in [-0.3, -0.25) is 0 Å². The number of hydrogen-bond acceptors (Lipinski definition) is 5. The Morgan fingerprint density at radius 2 is 1.76 bits per heavy atom. The van der Waals surface area contributed by atoms with Crippen LogP contribution in [0.2, 0.25) is 0 Å². The van der Waals surface area contributed by atoms with E-state index >= 15 is 0 Å². The van der Waals surface area contributed by atoms with Crippen molar-refractivity contribution in [3.05, 3.63) is 24.3 Å². The summed E-state index contributed by atoms with van der Waals surface area (Å²) in [7, 11) is -0.882. The highest BCUT2D eigenvalue weighted by Crippen LogP contribution is 2.18. The molecule has 0 saturated carbocycles. The standard InChI is InChI=1S/C12H18ClNO5S2/c1-19-9-4-2-3-8-14-21(17,18)12-7-5-6-11(10-12)20(13,15)16/h5-7,10,14H,2-4,8-9H2,1H3. The summed E-state index contributed by atoms with van der Waals surface area (Å²) < 4.78 is 53.8. The van der Waals surface area contributed by atoms with E-state index in [2.05, 4.69) is 4.72 Å². The van der Waals surface area contributed by atoms with E-state index in [1.54, 1.807) is 7.11 Å². The molecule has 1 aromatic carbocycles. The molecule has 21 heavy (non-hydrogen) atoms. The summed E-state index contributed by atoms with van der Waals surface area (Å²) in [5, 5.41) is 0. The van der Waals surface area contributed by atoms with Gasteiger partial charge in [-0.1, -0.05) is 6.07 Å². The fourth-order valence-corrected chi connectivity index (χ4v) is 3.62. The maximum atomic E-state index is 12.0. The highest BCUT2D eigenvalue weighted by molar-refractivity contribution is 8.13. The Kier molecular flexibility index (Phi) is 7.08. The normalized spacial score (nSPS) is 12.5. The number of ether oxygens (including phenoxy) is 1. The lowest BCUT2D eigenvalue weighted by atomic mass is 10.2. The summed E-state index contributed by atoms with van der Waals surface area (Å²) in [6.45, 7) is 0.923. The van der Waals surface area contributed by atoms with E-state index in [0.29, 0.717) is 13.0 Å². The minimum Gasteiger partial charge on any atom is -0.385 e. The Morgan fingerprint density at radius 1 is 1.10 bits per heavy atom. The SMILES string of the molecule is COCCCCCNS(=O)(=O)c1cccc(S(=O)(=O)Cl)c1. The Morgan fingerprint density at radius 3 is 2.38 bits per heavy atom. The zero-order valence-electron chi connectivity index (χ0n) is 11.6. The zero-order valence-corrected chi connectivity index (χ0v) is 14.0. The number of rotatable bonds is 9. The number of methoxy groups -OCH3 is 1. The molecule has 0 spiro atoms. The summed E-state index contributed by atoms with van der Waals surface area (Å²) in [6.07, 6.45) is 2.38. The number of benzene rings is 1. The minimum atomic E-state index is -3.95. The van der Waals surface area contributed by atoms with Crippen molar-refractivity contribution in [2.24, 2.45) is 0 Å². The van der Waals surface area contributed by atoms with E-state index in [0.717, 1.165) is 18.9 Å². The molecule has 120 valence electrons. The fourth-order valence-electron chi connectivity index (χ4n) is 1.63. The van der Waals surface area contributed by atoms with Gasteiger partial charge in [-0.15, -0.1) is 0 Å². The van der Waals surface area contributed by atoms with Gasteiger partial charge in [0, 0.05) is 30.9 Å². The third-order valence-electron chi connectivity index (χ3n) is 2.71. The van der Waals surface area contributed by atoms with Crippen LogP contribution < -0.4 is 4.72 Å². The maximum absolute atomic E-state index is 12.0. The third kappa shape index (κ3) is 6.31. The first-order chi connectivity index (χ1) is 9.77. The first-order valence-corrected chi connectivity index (χ1v) is 10.1. The number of sulfonamides is 1. The van der Waals surface area contributed by atoms with Crippen LogP contribution in [0, 0.1) is 0 Å². The topological polar surface area (TPSA) is 89.5 Å². The minimum absolute atomic E-state index is 0.124. The van der Waals surface area contributed by atoms with Crippen molar-refractivity contribution >= 4 is 29.8 Å². The van der Waals surface area contributed by atoms with Gasteiger partial charge in [0.1, 0.15) is 0 Å². The summed E-state index contributed by atoms with van der Waals surface area (Å²) in [4.78, 5) is -0.367. The predicted molar refractivity (Wildman–Crippen MR) is 80.4 cm³/mol. The van der Waals surface area contributed by atoms with Crippen LogP contribution in [0.25, 0.3) is 0 Å². The van der Waals surface area contributed by atoms with Gasteiger partial charge in [0.05, 0.1) is 9.79 Å². The number of nitrogens with one attached hydrogen (secondary N) is 1. The van der Waals surface area contributed by atoms with Crippen molar-refractivity contribution in [3.8, 4) is 0 Å². The number of hydrogen-bond donors (Lipinski definition) is 1. The predicted octanol–water partition coefficient (Wildman–Crippen LogP) is 1.71. The number of unbranched alkanes of at least 4 members (excludes halogenated alkanes) is 2. The monoisotopic (exact) mass is 355 g/mol. The molecular weight excluding hydrogens is 338 g/mol. The molecule has 0 bridgehead atoms. The smallest absolute Gasteiger partial charge is 0.261 e. The average molecular weight is 356 g/mol. The van der Waals surface area contributed by atoms with Crippen LogP contribution in [-0.2, 0) is 23.8 Å². The molecule has 0 heterocycles. The van der Waals surface area contributed by atoms with Gasteiger partial charge in [-0.25, -0.2) is 21.6 Å². The van der Waals surface area contributed by atoms with Crippen LogP contribution in [0.1, 0.15) is 19.3 Å². The Labute approximate surface area is 129 Å². The van der Waals surface area contributed by atoms with E-state index in [-0.39, 0.29) is 16.3 Å². The van der Waals surface area contributed by atoms with Crippen molar-refractivity contribution in [2.45, 2.75) is 29.1 Å². The van der Waals surface area contributed by atoms with Gasteiger partial charge in [0.15, 0.2) is 0 Å². The molecule has 0 saturated heterocycles. The largest absolute Gasteiger partial charge is 0.385 e. The van der Waals surface area contributed by atoms with E-state index in [9.17, 15) is 16.8 Å². The van der Waals surface area contributed by atoms with E-state index in [1.165, 1.54) is 18.2 Å². The van der Waals surface area contributed by atoms with Gasteiger partial charge in [0.2, 0.25) is 10.0 Å². The first-order valence-electron chi connectivity index (χ1n) is 6.31. The van der Waals surface area contributed by atoms with Gasteiger partial charge in [-0.05, 0) is 37.5 Å². The molecule has 0 fully saturated rings. The average Bonchev–Trinajstić information content (AvgIpc) is 2.42. The van der Waals surface area contributed by atoms with Crippen molar-refractivity contribution in [3.63, 3.8) is 0 Å². The van der Waals surface area contributed by atoms with Crippen molar-refractivity contribution < 1.29 is 21.6 Å². The summed E-state index contributed by atoms with van der Waals surface area (Å²) in [6, 6.07) is 4.93. The molecular formula is C12H18ClNO5S2. The lowest BCUT2D eigenvalue weighted by Gasteiger charge is -2.07. The molecule has 9 heteroatoms. The van der Waals surface area contributed by atoms with Crippen molar-refractivity contribution in [2.75, 3.05) is 20.3 Å². The zero-order chi connectivity index (χ0) is 15.9. The fraction of sp³-hybridized carbons (Fsp3) is 0.500. The molecule has 0 amide bonds. The van der Waals surface area contributed by atoms with E-state index in [4.69, 9.17) is 15.4 Å². The van der Waals surface area contributed by atoms with E-state index < -0.39 is 19.1 Å². The molecule has 1 aromatic rings. The molecule has 0 unspecified atom stereocenters. The van der Waals surface area contributed by atoms with Gasteiger partial charge >= 0.3 is 0 Å². The van der Waals surface area contributed by atoms with Gasteiger partial charge in [-0.2, -0.15) is 0 Å². The molecule has 0 aliphatic rings. The van der Waals surface area contributed by atoms with Crippen LogP contribution >= 0.6 is 10.7 Å². The van der Waals surface area contributed by atoms with Crippen LogP contribution in [0.4, 0.5) is 0 Å². The molecule has 1 N–H and O–H groups in total. The molecule has 1 rings (SSSR count).